The number of hydrogen-bond donors (Lipinski definition) is 0. The zero-order chi connectivity index (χ0) is 34.4. The fourth-order valence-electron chi connectivity index (χ4n) is 7.37. The Labute approximate surface area is 305 Å². The SMILES string of the molecule is c1ccc(-c2ccc(N(c3ccccc3)c3ccc4oc5cc(N(c6ccccc6)c6ccc7c(c6)sc6ccccc67)ccc5c4c3)cc2)cc1. The van der Waals surface area contributed by atoms with Crippen LogP contribution in [0.1, 0.15) is 0 Å². The van der Waals surface area contributed by atoms with E-state index in [0.29, 0.717) is 0 Å². The lowest BCUT2D eigenvalue weighted by Gasteiger charge is -2.26. The molecular formula is C48H32N2OS. The molecule has 2 heterocycles. The van der Waals surface area contributed by atoms with E-state index in [2.05, 4.69) is 204 Å². The Bertz CT molecular complexity index is 2840. The lowest BCUT2D eigenvalue weighted by Crippen LogP contribution is -2.09. The Balaban J connectivity index is 1.07. The third-order valence-electron chi connectivity index (χ3n) is 9.84. The number of fused-ring (bicyclic) bond motifs is 6. The molecule has 10 rings (SSSR count). The summed E-state index contributed by atoms with van der Waals surface area (Å²) in [4.78, 5) is 4.63. The monoisotopic (exact) mass is 684 g/mol. The van der Waals surface area contributed by atoms with E-state index in [4.69, 9.17) is 4.42 Å². The van der Waals surface area contributed by atoms with Crippen molar-refractivity contribution in [2.75, 3.05) is 9.80 Å². The molecule has 0 aliphatic rings. The minimum absolute atomic E-state index is 0.854. The third-order valence-corrected chi connectivity index (χ3v) is 11.0. The van der Waals surface area contributed by atoms with E-state index in [-0.39, 0.29) is 0 Å². The highest BCUT2D eigenvalue weighted by Crippen LogP contribution is 2.43. The van der Waals surface area contributed by atoms with Crippen LogP contribution in [-0.4, -0.2) is 0 Å². The number of nitrogens with zero attached hydrogens (tertiary/aromatic N) is 2. The molecule has 0 spiro atoms. The second kappa shape index (κ2) is 12.6. The maximum absolute atomic E-state index is 6.59. The third kappa shape index (κ3) is 5.29. The van der Waals surface area contributed by atoms with Gasteiger partial charge in [0.1, 0.15) is 11.2 Å². The Morgan fingerprint density at radius 3 is 1.54 bits per heavy atom. The molecule has 246 valence electrons. The number of benzene rings is 8. The highest BCUT2D eigenvalue weighted by molar-refractivity contribution is 7.25. The van der Waals surface area contributed by atoms with Crippen molar-refractivity contribution in [3.63, 3.8) is 0 Å². The van der Waals surface area contributed by atoms with Crippen molar-refractivity contribution >= 4 is 87.6 Å². The number of hydrogen-bond acceptors (Lipinski definition) is 4. The number of para-hydroxylation sites is 2. The molecule has 0 aliphatic heterocycles. The molecule has 0 aliphatic carbocycles. The first kappa shape index (κ1) is 30.2. The van der Waals surface area contributed by atoms with Gasteiger partial charge in [0, 0.05) is 71.1 Å². The van der Waals surface area contributed by atoms with E-state index in [9.17, 15) is 0 Å². The molecule has 0 saturated carbocycles. The molecule has 10 aromatic rings. The molecule has 0 radical (unpaired) electrons. The molecule has 0 bridgehead atoms. The number of furan rings is 1. The molecule has 0 unspecified atom stereocenters. The molecule has 0 N–H and O–H groups in total. The Morgan fingerprint density at radius 1 is 0.308 bits per heavy atom. The first-order valence-electron chi connectivity index (χ1n) is 17.5. The summed E-state index contributed by atoms with van der Waals surface area (Å²) in [6.45, 7) is 0. The Kier molecular flexibility index (Phi) is 7.33. The lowest BCUT2D eigenvalue weighted by atomic mass is 10.0. The van der Waals surface area contributed by atoms with Crippen molar-refractivity contribution in [3.05, 3.63) is 194 Å². The summed E-state index contributed by atoms with van der Waals surface area (Å²) in [6, 6.07) is 69.0. The van der Waals surface area contributed by atoms with Gasteiger partial charge in [-0.25, -0.2) is 0 Å². The number of rotatable bonds is 7. The summed E-state index contributed by atoms with van der Waals surface area (Å²) in [6.07, 6.45) is 0. The first-order valence-corrected chi connectivity index (χ1v) is 18.3. The molecular weight excluding hydrogens is 653 g/mol. The highest BCUT2D eigenvalue weighted by atomic mass is 32.1. The van der Waals surface area contributed by atoms with Gasteiger partial charge in [0.2, 0.25) is 0 Å². The molecule has 4 heteroatoms. The van der Waals surface area contributed by atoms with Crippen molar-refractivity contribution in [1.29, 1.82) is 0 Å². The van der Waals surface area contributed by atoms with Crippen LogP contribution in [0.2, 0.25) is 0 Å². The largest absolute Gasteiger partial charge is 0.456 e. The second-order valence-electron chi connectivity index (χ2n) is 13.0. The van der Waals surface area contributed by atoms with Crippen molar-refractivity contribution < 1.29 is 4.42 Å². The smallest absolute Gasteiger partial charge is 0.137 e. The van der Waals surface area contributed by atoms with Gasteiger partial charge in [-0.2, -0.15) is 0 Å². The molecule has 52 heavy (non-hydrogen) atoms. The van der Waals surface area contributed by atoms with Crippen molar-refractivity contribution in [2.24, 2.45) is 0 Å². The van der Waals surface area contributed by atoms with Crippen molar-refractivity contribution in [2.45, 2.75) is 0 Å². The fraction of sp³-hybridized carbons (Fsp3) is 0. The van der Waals surface area contributed by atoms with Gasteiger partial charge < -0.3 is 14.2 Å². The lowest BCUT2D eigenvalue weighted by molar-refractivity contribution is 0.669. The minimum Gasteiger partial charge on any atom is -0.456 e. The second-order valence-corrected chi connectivity index (χ2v) is 14.1. The minimum atomic E-state index is 0.854. The molecule has 8 aromatic carbocycles. The van der Waals surface area contributed by atoms with E-state index in [0.717, 1.165) is 56.1 Å². The fourth-order valence-corrected chi connectivity index (χ4v) is 8.51. The molecule has 3 nitrogen and oxygen atoms in total. The normalized spacial score (nSPS) is 11.5. The molecule has 0 amide bonds. The van der Waals surface area contributed by atoms with Crippen LogP contribution in [0.3, 0.4) is 0 Å². The van der Waals surface area contributed by atoms with Gasteiger partial charge >= 0.3 is 0 Å². The van der Waals surface area contributed by atoms with E-state index in [1.807, 2.05) is 11.3 Å². The van der Waals surface area contributed by atoms with E-state index < -0.39 is 0 Å². The molecule has 0 saturated heterocycles. The van der Waals surface area contributed by atoms with Gasteiger partial charge in [-0.3, -0.25) is 0 Å². The van der Waals surface area contributed by atoms with Crippen LogP contribution in [-0.2, 0) is 0 Å². The van der Waals surface area contributed by atoms with Crippen LogP contribution in [0.5, 0.6) is 0 Å². The Morgan fingerprint density at radius 2 is 0.808 bits per heavy atom. The van der Waals surface area contributed by atoms with Gasteiger partial charge in [-0.1, -0.05) is 103 Å². The van der Waals surface area contributed by atoms with Crippen LogP contribution < -0.4 is 9.80 Å². The summed E-state index contributed by atoms with van der Waals surface area (Å²) in [5.41, 5.74) is 10.6. The summed E-state index contributed by atoms with van der Waals surface area (Å²) >= 11 is 1.84. The van der Waals surface area contributed by atoms with Gasteiger partial charge in [-0.05, 0) is 96.1 Å². The summed E-state index contributed by atoms with van der Waals surface area (Å²) in [5.74, 6) is 0. The average Bonchev–Trinajstić information content (AvgIpc) is 3.77. The number of anilines is 6. The number of thiophene rings is 1. The quantitative estimate of drug-likeness (QED) is 0.167. The van der Waals surface area contributed by atoms with Gasteiger partial charge in [-0.15, -0.1) is 11.3 Å². The van der Waals surface area contributed by atoms with Crippen LogP contribution >= 0.6 is 11.3 Å². The Hall–Kier alpha value is -6.62. The van der Waals surface area contributed by atoms with E-state index >= 15 is 0 Å². The molecule has 2 aromatic heterocycles. The van der Waals surface area contributed by atoms with E-state index in [1.54, 1.807) is 0 Å². The summed E-state index contributed by atoms with van der Waals surface area (Å²) in [7, 11) is 0. The maximum Gasteiger partial charge on any atom is 0.137 e. The molecule has 0 fully saturated rings. The van der Waals surface area contributed by atoms with Crippen LogP contribution in [0, 0.1) is 0 Å². The van der Waals surface area contributed by atoms with Crippen LogP contribution in [0.25, 0.3) is 53.2 Å². The standard InChI is InChI=1S/C48H32N2OS/c1-4-12-33(13-5-1)34-20-22-37(23-21-34)49(35-14-6-2-7-15-35)38-26-29-45-44(30-38)41-27-24-39(31-46(41)51-45)50(36-16-8-3-9-17-36)40-25-28-43-42-18-10-11-19-47(42)52-48(43)32-40/h1-32H. The van der Waals surface area contributed by atoms with Gasteiger partial charge in [0.25, 0.3) is 0 Å². The van der Waals surface area contributed by atoms with Crippen LogP contribution in [0.4, 0.5) is 34.1 Å². The highest BCUT2D eigenvalue weighted by Gasteiger charge is 2.19. The maximum atomic E-state index is 6.59. The van der Waals surface area contributed by atoms with Crippen molar-refractivity contribution in [1.82, 2.24) is 0 Å². The zero-order valence-electron chi connectivity index (χ0n) is 28.2. The topological polar surface area (TPSA) is 19.6 Å². The van der Waals surface area contributed by atoms with Gasteiger partial charge in [0.15, 0.2) is 0 Å². The zero-order valence-corrected chi connectivity index (χ0v) is 29.0. The van der Waals surface area contributed by atoms with Crippen LogP contribution in [0.15, 0.2) is 199 Å². The predicted octanol–water partition coefficient (Wildman–Crippen LogP) is 14.6. The van der Waals surface area contributed by atoms with Crippen molar-refractivity contribution in [3.8, 4) is 11.1 Å². The predicted molar refractivity (Wildman–Crippen MR) is 221 cm³/mol. The summed E-state index contributed by atoms with van der Waals surface area (Å²) < 4.78 is 9.17. The molecule has 0 atom stereocenters. The van der Waals surface area contributed by atoms with E-state index in [1.165, 1.54) is 31.3 Å². The van der Waals surface area contributed by atoms with Gasteiger partial charge in [0.05, 0.1) is 0 Å². The average molecular weight is 685 g/mol. The first-order chi connectivity index (χ1) is 25.8. The summed E-state index contributed by atoms with van der Waals surface area (Å²) in [5, 5.41) is 4.76.